The number of carboxylic acids is 1. The first-order valence-electron chi connectivity index (χ1n) is 15.0. The molecule has 4 atom stereocenters. The highest BCUT2D eigenvalue weighted by molar-refractivity contribution is 6.06. The van der Waals surface area contributed by atoms with Crippen molar-refractivity contribution in [2.75, 3.05) is 6.54 Å². The summed E-state index contributed by atoms with van der Waals surface area (Å²) in [6.07, 6.45) is 10.6. The number of aromatic nitrogens is 1. The first-order valence-corrected chi connectivity index (χ1v) is 15.0. The third-order valence-corrected chi connectivity index (χ3v) is 10.5. The summed E-state index contributed by atoms with van der Waals surface area (Å²) in [7, 11) is 0. The summed E-state index contributed by atoms with van der Waals surface area (Å²) in [5, 5.41) is 16.9. The Hall–Kier alpha value is -3.16. The number of nitrogens with zero attached hydrogens (tertiary/aromatic N) is 1. The van der Waals surface area contributed by atoms with Gasteiger partial charge >= 0.3 is 5.97 Å². The highest BCUT2D eigenvalue weighted by Crippen LogP contribution is 2.49. The van der Waals surface area contributed by atoms with Gasteiger partial charge in [-0.1, -0.05) is 19.4 Å². The topological polar surface area (TPSA) is 118 Å². The number of carboxylic acid groups (broad SMARTS) is 1. The summed E-state index contributed by atoms with van der Waals surface area (Å²) in [6.45, 7) is 4.75. The molecule has 0 radical (unpaired) electrons. The number of fused-ring (bicyclic) bond motifs is 3. The number of amides is 2. The average Bonchev–Trinajstić information content (AvgIpc) is 3.53. The minimum atomic E-state index is -0.758. The molecule has 0 saturated heterocycles. The fourth-order valence-corrected chi connectivity index (χ4v) is 7.64. The minimum absolute atomic E-state index is 0.0800. The minimum Gasteiger partial charge on any atom is -0.490 e. The lowest BCUT2D eigenvalue weighted by atomic mass is 9.70. The van der Waals surface area contributed by atoms with E-state index in [1.54, 1.807) is 19.2 Å². The normalized spacial score (nSPS) is 32.3. The molecule has 1 aromatic carbocycles. The van der Waals surface area contributed by atoms with Gasteiger partial charge in [0.05, 0.1) is 28.5 Å². The van der Waals surface area contributed by atoms with Crippen LogP contribution in [0, 0.1) is 28.6 Å². The first kappa shape index (κ1) is 27.0. The van der Waals surface area contributed by atoms with Gasteiger partial charge in [-0.2, -0.15) is 0 Å². The fraction of sp³-hybridized carbons (Fsp3) is 0.625. The van der Waals surface area contributed by atoms with E-state index in [4.69, 9.17) is 4.74 Å². The summed E-state index contributed by atoms with van der Waals surface area (Å²) in [5.41, 5.74) is 0.554. The molecule has 2 bridgehead atoms. The number of benzene rings is 1. The average molecular weight is 548 g/mol. The van der Waals surface area contributed by atoms with E-state index >= 15 is 0 Å². The summed E-state index contributed by atoms with van der Waals surface area (Å²) in [6, 6.07) is 7.24. The van der Waals surface area contributed by atoms with Crippen LogP contribution in [-0.2, 0) is 9.59 Å². The molecule has 4 aliphatic carbocycles. The Morgan fingerprint density at radius 1 is 1.05 bits per heavy atom. The molecule has 0 spiro atoms. The Labute approximate surface area is 235 Å². The van der Waals surface area contributed by atoms with E-state index in [1.807, 2.05) is 18.2 Å². The molecule has 3 N–H and O–H groups in total. The van der Waals surface area contributed by atoms with Crippen molar-refractivity contribution >= 4 is 28.7 Å². The predicted octanol–water partition coefficient (Wildman–Crippen LogP) is 5.10. The SMILES string of the molecule is CC1(CNC(=O)C2C3CCC(C3)C2NC(=O)c2cc(OC3CCC(C)(C(=O)O)CC3)cc3cccnc23)CCC1. The molecule has 6 rings (SSSR count). The zero-order valence-electron chi connectivity index (χ0n) is 23.6. The third-order valence-electron chi connectivity index (χ3n) is 10.5. The number of nitrogens with one attached hydrogen (secondary N) is 2. The number of carbonyl (C=O) groups excluding carboxylic acids is 2. The summed E-state index contributed by atoms with van der Waals surface area (Å²) in [5.74, 6) is 0.118. The molecule has 0 aliphatic heterocycles. The molecule has 4 aliphatic rings. The van der Waals surface area contributed by atoms with Crippen LogP contribution in [0.5, 0.6) is 5.75 Å². The molecular formula is C32H41N3O5. The van der Waals surface area contributed by atoms with Gasteiger partial charge in [-0.15, -0.1) is 0 Å². The van der Waals surface area contributed by atoms with Crippen LogP contribution in [0.4, 0.5) is 0 Å². The molecule has 40 heavy (non-hydrogen) atoms. The molecule has 1 aromatic heterocycles. The number of rotatable bonds is 8. The standard InChI is InChI=1S/C32H41N3O5/c1-31(10-4-11-31)18-34-29(37)25-19-6-7-21(15-19)27(25)35-28(36)24-17-23(16-20-5-3-14-33-26(20)24)40-22-8-12-32(2,13-9-22)30(38)39/h3,5,14,16-17,19,21-22,25,27H,4,6-13,15,18H2,1-2H3,(H,34,37)(H,35,36)(H,38,39). The molecule has 1 heterocycles. The number of pyridine rings is 1. The quantitative estimate of drug-likeness (QED) is 0.423. The lowest BCUT2D eigenvalue weighted by Gasteiger charge is -2.39. The van der Waals surface area contributed by atoms with Crippen molar-refractivity contribution < 1.29 is 24.2 Å². The molecule has 4 fully saturated rings. The highest BCUT2D eigenvalue weighted by atomic mass is 16.5. The molecule has 214 valence electrons. The number of ether oxygens (including phenoxy) is 1. The van der Waals surface area contributed by atoms with Gasteiger partial charge in [0.2, 0.25) is 5.91 Å². The molecule has 2 aromatic rings. The van der Waals surface area contributed by atoms with E-state index in [0.29, 0.717) is 60.9 Å². The smallest absolute Gasteiger partial charge is 0.309 e. The zero-order chi connectivity index (χ0) is 28.1. The molecular weight excluding hydrogens is 506 g/mol. The van der Waals surface area contributed by atoms with Gasteiger partial charge in [0.1, 0.15) is 5.75 Å². The largest absolute Gasteiger partial charge is 0.490 e. The van der Waals surface area contributed by atoms with E-state index in [9.17, 15) is 19.5 Å². The maximum absolute atomic E-state index is 13.8. The van der Waals surface area contributed by atoms with Crippen LogP contribution in [0.2, 0.25) is 0 Å². The molecule has 4 saturated carbocycles. The van der Waals surface area contributed by atoms with Crippen LogP contribution < -0.4 is 15.4 Å². The lowest BCUT2D eigenvalue weighted by molar-refractivity contribution is -0.150. The molecule has 4 unspecified atom stereocenters. The molecule has 2 amide bonds. The van der Waals surface area contributed by atoms with E-state index in [-0.39, 0.29) is 35.3 Å². The fourth-order valence-electron chi connectivity index (χ4n) is 7.64. The van der Waals surface area contributed by atoms with Crippen LogP contribution in [0.1, 0.15) is 88.4 Å². The van der Waals surface area contributed by atoms with Gasteiger partial charge in [0, 0.05) is 24.2 Å². The van der Waals surface area contributed by atoms with Crippen molar-refractivity contribution in [3.05, 3.63) is 36.0 Å². The van der Waals surface area contributed by atoms with Crippen LogP contribution in [-0.4, -0.2) is 46.6 Å². The van der Waals surface area contributed by atoms with Crippen molar-refractivity contribution in [3.63, 3.8) is 0 Å². The van der Waals surface area contributed by atoms with E-state index in [1.165, 1.54) is 6.42 Å². The Morgan fingerprint density at radius 3 is 2.50 bits per heavy atom. The Balaban J connectivity index is 1.19. The third kappa shape index (κ3) is 5.06. The number of hydrogen-bond donors (Lipinski definition) is 3. The zero-order valence-corrected chi connectivity index (χ0v) is 23.6. The van der Waals surface area contributed by atoms with Crippen LogP contribution in [0.15, 0.2) is 30.5 Å². The van der Waals surface area contributed by atoms with Crippen molar-refractivity contribution in [2.24, 2.45) is 28.6 Å². The van der Waals surface area contributed by atoms with Gasteiger partial charge < -0.3 is 20.5 Å². The maximum atomic E-state index is 13.8. The van der Waals surface area contributed by atoms with Crippen molar-refractivity contribution in [1.82, 2.24) is 15.6 Å². The number of hydrogen-bond acceptors (Lipinski definition) is 5. The Kier molecular flexibility index (Phi) is 6.99. The second kappa shape index (κ2) is 10.3. The van der Waals surface area contributed by atoms with Crippen LogP contribution in [0.3, 0.4) is 0 Å². The van der Waals surface area contributed by atoms with Gasteiger partial charge in [-0.05, 0) is 100 Å². The number of aliphatic carboxylic acids is 1. The second-order valence-electron chi connectivity index (χ2n) is 13.5. The van der Waals surface area contributed by atoms with Crippen molar-refractivity contribution in [2.45, 2.75) is 90.2 Å². The second-order valence-corrected chi connectivity index (χ2v) is 13.5. The summed E-state index contributed by atoms with van der Waals surface area (Å²) in [4.78, 5) is 43.4. The van der Waals surface area contributed by atoms with Crippen molar-refractivity contribution in [3.8, 4) is 5.75 Å². The first-order chi connectivity index (χ1) is 19.1. The van der Waals surface area contributed by atoms with E-state index in [2.05, 4.69) is 22.5 Å². The van der Waals surface area contributed by atoms with Crippen molar-refractivity contribution in [1.29, 1.82) is 0 Å². The summed E-state index contributed by atoms with van der Waals surface area (Å²) >= 11 is 0. The summed E-state index contributed by atoms with van der Waals surface area (Å²) < 4.78 is 6.32. The Bertz CT molecular complexity index is 1310. The predicted molar refractivity (Wildman–Crippen MR) is 151 cm³/mol. The van der Waals surface area contributed by atoms with Crippen LogP contribution in [0.25, 0.3) is 10.9 Å². The van der Waals surface area contributed by atoms with Crippen LogP contribution >= 0.6 is 0 Å². The number of carbonyl (C=O) groups is 3. The molecule has 8 nitrogen and oxygen atoms in total. The van der Waals surface area contributed by atoms with E-state index in [0.717, 1.165) is 37.5 Å². The van der Waals surface area contributed by atoms with Gasteiger partial charge in [0.15, 0.2) is 0 Å². The maximum Gasteiger partial charge on any atom is 0.309 e. The van der Waals surface area contributed by atoms with Gasteiger partial charge in [0.25, 0.3) is 5.91 Å². The van der Waals surface area contributed by atoms with Gasteiger partial charge in [-0.3, -0.25) is 19.4 Å². The monoisotopic (exact) mass is 547 g/mol. The van der Waals surface area contributed by atoms with E-state index < -0.39 is 11.4 Å². The Morgan fingerprint density at radius 2 is 1.80 bits per heavy atom. The van der Waals surface area contributed by atoms with Gasteiger partial charge in [-0.25, -0.2) is 0 Å². The highest BCUT2D eigenvalue weighted by Gasteiger charge is 2.51. The molecule has 8 heteroatoms. The lowest BCUT2D eigenvalue weighted by Crippen LogP contribution is -2.51.